The highest BCUT2D eigenvalue weighted by Crippen LogP contribution is 2.40. The van der Waals surface area contributed by atoms with Crippen LogP contribution in [0, 0.1) is 10.1 Å². The molecule has 1 heterocycles. The van der Waals surface area contributed by atoms with Gasteiger partial charge in [0.25, 0.3) is 5.69 Å². The van der Waals surface area contributed by atoms with Gasteiger partial charge in [-0.1, -0.05) is 11.8 Å². The smallest absolute Gasteiger partial charge is 0.269 e. The molecule has 32 heavy (non-hydrogen) atoms. The van der Waals surface area contributed by atoms with Gasteiger partial charge in [0.2, 0.25) is 11.7 Å². The standard InChI is InChI=1S/C21H20N4O6S/c1-29-17-10-13(11-18(30-2)21(17)31-3)16-8-9-20(24-23-16)32-12-19(26)22-14-4-6-15(7-5-14)25(27)28/h4-11H,12H2,1-3H3,(H,22,26). The predicted molar refractivity (Wildman–Crippen MR) is 120 cm³/mol. The molecule has 1 aromatic heterocycles. The van der Waals surface area contributed by atoms with E-state index in [4.69, 9.17) is 14.2 Å². The summed E-state index contributed by atoms with van der Waals surface area (Å²) in [6.07, 6.45) is 0. The lowest BCUT2D eigenvalue weighted by Crippen LogP contribution is -2.14. The first-order valence-corrected chi connectivity index (χ1v) is 10.2. The monoisotopic (exact) mass is 456 g/mol. The Labute approximate surface area is 188 Å². The number of thioether (sulfide) groups is 1. The highest BCUT2D eigenvalue weighted by atomic mass is 32.2. The molecule has 11 heteroatoms. The molecule has 0 aliphatic rings. The van der Waals surface area contributed by atoms with E-state index < -0.39 is 4.92 Å². The number of anilines is 1. The summed E-state index contributed by atoms with van der Waals surface area (Å²) in [4.78, 5) is 22.3. The van der Waals surface area contributed by atoms with Crippen LogP contribution in [0.4, 0.5) is 11.4 Å². The fourth-order valence-corrected chi connectivity index (χ4v) is 3.40. The van der Waals surface area contributed by atoms with Crippen molar-refractivity contribution < 1.29 is 23.9 Å². The van der Waals surface area contributed by atoms with Crippen LogP contribution in [-0.4, -0.2) is 48.1 Å². The number of rotatable bonds is 9. The Bertz CT molecular complexity index is 1080. The number of aromatic nitrogens is 2. The molecule has 0 fully saturated rings. The Balaban J connectivity index is 1.63. The Morgan fingerprint density at radius 1 is 1.00 bits per heavy atom. The summed E-state index contributed by atoms with van der Waals surface area (Å²) in [5.41, 5.74) is 1.77. The molecule has 0 aliphatic heterocycles. The van der Waals surface area contributed by atoms with Crippen LogP contribution in [0.3, 0.4) is 0 Å². The number of nitro benzene ring substituents is 1. The molecule has 166 valence electrons. The number of carbonyl (C=O) groups is 1. The Morgan fingerprint density at radius 3 is 2.16 bits per heavy atom. The van der Waals surface area contributed by atoms with Gasteiger partial charge in [0.1, 0.15) is 5.03 Å². The zero-order valence-electron chi connectivity index (χ0n) is 17.5. The number of nitrogens with zero attached hydrogens (tertiary/aromatic N) is 3. The van der Waals surface area contributed by atoms with Crippen molar-refractivity contribution in [3.8, 4) is 28.5 Å². The van der Waals surface area contributed by atoms with Gasteiger partial charge in [0.15, 0.2) is 11.5 Å². The highest BCUT2D eigenvalue weighted by molar-refractivity contribution is 7.99. The third-order valence-corrected chi connectivity index (χ3v) is 5.23. The van der Waals surface area contributed by atoms with E-state index in [0.29, 0.717) is 33.7 Å². The van der Waals surface area contributed by atoms with Crippen molar-refractivity contribution in [3.05, 3.63) is 58.6 Å². The molecule has 0 aliphatic carbocycles. The number of ether oxygens (including phenoxy) is 3. The van der Waals surface area contributed by atoms with Gasteiger partial charge in [0, 0.05) is 23.4 Å². The van der Waals surface area contributed by atoms with Crippen molar-refractivity contribution >= 4 is 29.0 Å². The van der Waals surface area contributed by atoms with Gasteiger partial charge in [-0.2, -0.15) is 0 Å². The number of amides is 1. The first-order valence-electron chi connectivity index (χ1n) is 9.26. The zero-order valence-corrected chi connectivity index (χ0v) is 18.3. The van der Waals surface area contributed by atoms with E-state index in [1.807, 2.05) is 0 Å². The van der Waals surface area contributed by atoms with E-state index in [1.165, 1.54) is 57.4 Å². The first-order chi connectivity index (χ1) is 15.4. The molecule has 0 spiro atoms. The third kappa shape index (κ3) is 5.43. The van der Waals surface area contributed by atoms with Gasteiger partial charge in [-0.05, 0) is 36.4 Å². The van der Waals surface area contributed by atoms with E-state index >= 15 is 0 Å². The molecule has 0 unspecified atom stereocenters. The summed E-state index contributed by atoms with van der Waals surface area (Å²) in [6.45, 7) is 0. The lowest BCUT2D eigenvalue weighted by Gasteiger charge is -2.13. The number of hydrogen-bond acceptors (Lipinski definition) is 9. The summed E-state index contributed by atoms with van der Waals surface area (Å²) in [5.74, 6) is 1.34. The van der Waals surface area contributed by atoms with E-state index in [1.54, 1.807) is 24.3 Å². The second-order valence-electron chi connectivity index (χ2n) is 6.31. The maximum absolute atomic E-state index is 12.1. The molecule has 10 nitrogen and oxygen atoms in total. The molecule has 2 aromatic carbocycles. The zero-order chi connectivity index (χ0) is 23.1. The minimum absolute atomic E-state index is 0.0418. The maximum Gasteiger partial charge on any atom is 0.269 e. The second kappa shape index (κ2) is 10.4. The quantitative estimate of drug-likeness (QED) is 0.290. The summed E-state index contributed by atoms with van der Waals surface area (Å²) < 4.78 is 16.0. The number of benzene rings is 2. The van der Waals surface area contributed by atoms with Crippen molar-refractivity contribution in [2.75, 3.05) is 32.4 Å². The lowest BCUT2D eigenvalue weighted by molar-refractivity contribution is -0.384. The number of carbonyl (C=O) groups excluding carboxylic acids is 1. The van der Waals surface area contributed by atoms with Gasteiger partial charge >= 0.3 is 0 Å². The molecule has 3 aromatic rings. The van der Waals surface area contributed by atoms with Crippen LogP contribution in [-0.2, 0) is 4.79 Å². The molecule has 0 bridgehead atoms. The van der Waals surface area contributed by atoms with Crippen LogP contribution in [0.15, 0.2) is 53.6 Å². The van der Waals surface area contributed by atoms with Crippen LogP contribution in [0.5, 0.6) is 17.2 Å². The minimum atomic E-state index is -0.498. The first kappa shape index (κ1) is 22.8. The summed E-state index contributed by atoms with van der Waals surface area (Å²) in [5, 5.41) is 22.3. The van der Waals surface area contributed by atoms with Crippen molar-refractivity contribution in [3.63, 3.8) is 0 Å². The molecule has 3 rings (SSSR count). The van der Waals surface area contributed by atoms with E-state index in [0.717, 1.165) is 5.56 Å². The molecular formula is C21H20N4O6S. The largest absolute Gasteiger partial charge is 0.493 e. The molecule has 0 saturated carbocycles. The number of non-ortho nitro benzene ring substituents is 1. The molecular weight excluding hydrogens is 436 g/mol. The van der Waals surface area contributed by atoms with Crippen LogP contribution in [0.25, 0.3) is 11.3 Å². The van der Waals surface area contributed by atoms with Crippen molar-refractivity contribution in [2.24, 2.45) is 0 Å². The summed E-state index contributed by atoms with van der Waals surface area (Å²) in [6, 6.07) is 12.7. The molecule has 1 N–H and O–H groups in total. The average molecular weight is 456 g/mol. The van der Waals surface area contributed by atoms with Gasteiger partial charge in [0.05, 0.1) is 37.7 Å². The van der Waals surface area contributed by atoms with E-state index in [-0.39, 0.29) is 17.3 Å². The van der Waals surface area contributed by atoms with E-state index in [2.05, 4.69) is 15.5 Å². The fourth-order valence-electron chi connectivity index (χ4n) is 2.78. The highest BCUT2D eigenvalue weighted by Gasteiger charge is 2.15. The van der Waals surface area contributed by atoms with Crippen LogP contribution in [0.1, 0.15) is 0 Å². The predicted octanol–water partition coefficient (Wildman–Crippen LogP) is 3.81. The normalized spacial score (nSPS) is 10.3. The molecule has 0 atom stereocenters. The Kier molecular flexibility index (Phi) is 7.45. The van der Waals surface area contributed by atoms with Gasteiger partial charge in [-0.25, -0.2) is 0 Å². The molecule has 0 radical (unpaired) electrons. The Morgan fingerprint density at radius 2 is 1.66 bits per heavy atom. The Hall–Kier alpha value is -3.86. The van der Waals surface area contributed by atoms with Gasteiger partial charge in [-0.3, -0.25) is 14.9 Å². The van der Waals surface area contributed by atoms with Crippen molar-refractivity contribution in [1.29, 1.82) is 0 Å². The minimum Gasteiger partial charge on any atom is -0.493 e. The average Bonchev–Trinajstić information content (AvgIpc) is 2.82. The SMILES string of the molecule is COc1cc(-c2ccc(SCC(=O)Nc3ccc([N+](=O)[O-])cc3)nn2)cc(OC)c1OC. The van der Waals surface area contributed by atoms with E-state index in [9.17, 15) is 14.9 Å². The van der Waals surface area contributed by atoms with Crippen LogP contribution in [0.2, 0.25) is 0 Å². The second-order valence-corrected chi connectivity index (χ2v) is 7.31. The lowest BCUT2D eigenvalue weighted by atomic mass is 10.1. The maximum atomic E-state index is 12.1. The topological polar surface area (TPSA) is 126 Å². The number of hydrogen-bond donors (Lipinski definition) is 1. The summed E-state index contributed by atoms with van der Waals surface area (Å²) in [7, 11) is 4.60. The fraction of sp³-hybridized carbons (Fsp3) is 0.190. The van der Waals surface area contributed by atoms with Crippen molar-refractivity contribution in [2.45, 2.75) is 5.03 Å². The van der Waals surface area contributed by atoms with Gasteiger partial charge in [-0.15, -0.1) is 10.2 Å². The number of methoxy groups -OCH3 is 3. The van der Waals surface area contributed by atoms with Crippen LogP contribution < -0.4 is 19.5 Å². The third-order valence-electron chi connectivity index (χ3n) is 4.31. The molecule has 0 saturated heterocycles. The molecule has 1 amide bonds. The number of nitrogens with one attached hydrogen (secondary N) is 1. The summed E-state index contributed by atoms with van der Waals surface area (Å²) >= 11 is 1.22. The van der Waals surface area contributed by atoms with Crippen LogP contribution >= 0.6 is 11.8 Å². The van der Waals surface area contributed by atoms with Crippen molar-refractivity contribution in [1.82, 2.24) is 10.2 Å². The van der Waals surface area contributed by atoms with Gasteiger partial charge < -0.3 is 19.5 Å². The number of nitro groups is 1.